The lowest BCUT2D eigenvalue weighted by atomic mass is 9.90. The van der Waals surface area contributed by atoms with E-state index < -0.39 is 0 Å². The van der Waals surface area contributed by atoms with Gasteiger partial charge in [-0.1, -0.05) is 23.7 Å². The molecule has 1 aromatic carbocycles. The number of hydrogen-bond acceptors (Lipinski definition) is 2. The normalized spacial score (nSPS) is 18.4. The molecule has 1 aromatic rings. The molecule has 76 valence electrons. The van der Waals surface area contributed by atoms with Crippen LogP contribution in [-0.4, -0.2) is 18.2 Å². The first kappa shape index (κ1) is 9.81. The van der Waals surface area contributed by atoms with Gasteiger partial charge >= 0.3 is 0 Å². The Kier molecular flexibility index (Phi) is 2.94. The van der Waals surface area contributed by atoms with E-state index in [-0.39, 0.29) is 5.75 Å². The maximum absolute atomic E-state index is 9.48. The van der Waals surface area contributed by atoms with Crippen molar-refractivity contribution in [2.24, 2.45) is 0 Å². The topological polar surface area (TPSA) is 32.3 Å². The van der Waals surface area contributed by atoms with Crippen molar-refractivity contribution in [3.63, 3.8) is 0 Å². The first-order valence-corrected chi connectivity index (χ1v) is 5.35. The lowest BCUT2D eigenvalue weighted by Gasteiger charge is -2.23. The van der Waals surface area contributed by atoms with Crippen LogP contribution in [0.4, 0.5) is 0 Å². The van der Waals surface area contributed by atoms with Gasteiger partial charge in [0.05, 0.1) is 5.02 Å². The van der Waals surface area contributed by atoms with Gasteiger partial charge in [0.2, 0.25) is 0 Å². The van der Waals surface area contributed by atoms with Gasteiger partial charge in [0.1, 0.15) is 5.75 Å². The van der Waals surface area contributed by atoms with E-state index in [2.05, 4.69) is 5.32 Å². The Bertz CT molecular complexity index is 321. The molecule has 0 amide bonds. The smallest absolute Gasteiger partial charge is 0.134 e. The van der Waals surface area contributed by atoms with Crippen LogP contribution in [-0.2, 0) is 0 Å². The Balaban J connectivity index is 2.26. The molecule has 14 heavy (non-hydrogen) atoms. The van der Waals surface area contributed by atoms with Gasteiger partial charge in [0.15, 0.2) is 0 Å². The van der Waals surface area contributed by atoms with Crippen LogP contribution in [0.15, 0.2) is 18.2 Å². The molecule has 2 N–H and O–H groups in total. The lowest BCUT2D eigenvalue weighted by molar-refractivity contribution is 0.452. The second kappa shape index (κ2) is 4.20. The van der Waals surface area contributed by atoms with Gasteiger partial charge in [0.25, 0.3) is 0 Å². The Labute approximate surface area is 88.9 Å². The van der Waals surface area contributed by atoms with Gasteiger partial charge in [-0.25, -0.2) is 0 Å². The molecule has 0 unspecified atom stereocenters. The van der Waals surface area contributed by atoms with E-state index in [1.165, 1.54) is 0 Å². The van der Waals surface area contributed by atoms with Gasteiger partial charge in [-0.3, -0.25) is 0 Å². The molecule has 0 bridgehead atoms. The molecule has 0 radical (unpaired) electrons. The molecule has 1 heterocycles. The fraction of sp³-hybridized carbons (Fsp3) is 0.455. The Morgan fingerprint density at radius 1 is 1.29 bits per heavy atom. The number of benzene rings is 1. The van der Waals surface area contributed by atoms with Gasteiger partial charge in [-0.15, -0.1) is 0 Å². The summed E-state index contributed by atoms with van der Waals surface area (Å²) >= 11 is 6.06. The number of halogens is 1. The molecule has 0 saturated carbocycles. The summed E-state index contributed by atoms with van der Waals surface area (Å²) in [7, 11) is 0. The number of phenols is 1. The second-order valence-electron chi connectivity index (χ2n) is 3.70. The third-order valence-electron chi connectivity index (χ3n) is 2.79. The van der Waals surface area contributed by atoms with E-state index in [4.69, 9.17) is 11.6 Å². The third-order valence-corrected chi connectivity index (χ3v) is 3.20. The van der Waals surface area contributed by atoms with Crippen LogP contribution >= 0.6 is 11.6 Å². The summed E-state index contributed by atoms with van der Waals surface area (Å²) in [5.74, 6) is 0.693. The fourth-order valence-corrected chi connectivity index (χ4v) is 2.27. The predicted octanol–water partition coefficient (Wildman–Crippen LogP) is 2.51. The van der Waals surface area contributed by atoms with Crippen LogP contribution in [0.5, 0.6) is 5.75 Å². The number of hydrogen-bond donors (Lipinski definition) is 2. The largest absolute Gasteiger partial charge is 0.506 e. The minimum absolute atomic E-state index is 0.197. The summed E-state index contributed by atoms with van der Waals surface area (Å²) < 4.78 is 0. The van der Waals surface area contributed by atoms with E-state index in [9.17, 15) is 5.11 Å². The van der Waals surface area contributed by atoms with Crippen LogP contribution < -0.4 is 5.32 Å². The van der Waals surface area contributed by atoms with Crippen molar-refractivity contribution in [3.05, 3.63) is 28.8 Å². The minimum atomic E-state index is 0.197. The number of nitrogens with one attached hydrogen (secondary N) is 1. The van der Waals surface area contributed by atoms with Crippen LogP contribution in [0.1, 0.15) is 24.3 Å². The number of aromatic hydroxyl groups is 1. The van der Waals surface area contributed by atoms with Crippen molar-refractivity contribution in [2.45, 2.75) is 18.8 Å². The Hall–Kier alpha value is -0.730. The van der Waals surface area contributed by atoms with Gasteiger partial charge in [0, 0.05) is 0 Å². The highest BCUT2D eigenvalue weighted by Gasteiger charge is 2.18. The quantitative estimate of drug-likeness (QED) is 0.748. The zero-order chi connectivity index (χ0) is 9.97. The Morgan fingerprint density at radius 3 is 2.71 bits per heavy atom. The number of phenolic OH excluding ortho intramolecular Hbond substituents is 1. The second-order valence-corrected chi connectivity index (χ2v) is 4.08. The van der Waals surface area contributed by atoms with Crippen molar-refractivity contribution >= 4 is 11.6 Å². The molecule has 2 nitrogen and oxygen atoms in total. The minimum Gasteiger partial charge on any atom is -0.506 e. The SMILES string of the molecule is Oc1cccc(C2CCNCC2)c1Cl. The molecular formula is C11H14ClNO. The van der Waals surface area contributed by atoms with Gasteiger partial charge in [-0.2, -0.15) is 0 Å². The predicted molar refractivity (Wildman–Crippen MR) is 58.0 cm³/mol. The van der Waals surface area contributed by atoms with Crippen molar-refractivity contribution in [2.75, 3.05) is 13.1 Å². The standard InChI is InChI=1S/C11H14ClNO/c12-11-9(2-1-3-10(11)14)8-4-6-13-7-5-8/h1-3,8,13-14H,4-7H2. The fourth-order valence-electron chi connectivity index (χ4n) is 1.99. The molecule has 0 atom stereocenters. The van der Waals surface area contributed by atoms with Crippen molar-refractivity contribution in [1.29, 1.82) is 0 Å². The zero-order valence-electron chi connectivity index (χ0n) is 7.96. The maximum atomic E-state index is 9.48. The van der Waals surface area contributed by atoms with Crippen LogP contribution in [0.2, 0.25) is 5.02 Å². The summed E-state index contributed by atoms with van der Waals surface area (Å²) in [5.41, 5.74) is 1.09. The van der Waals surface area contributed by atoms with Crippen molar-refractivity contribution in [1.82, 2.24) is 5.32 Å². The van der Waals surface area contributed by atoms with Crippen molar-refractivity contribution < 1.29 is 5.11 Å². The number of rotatable bonds is 1. The highest BCUT2D eigenvalue weighted by atomic mass is 35.5. The molecule has 0 spiro atoms. The van der Waals surface area contributed by atoms with Crippen LogP contribution in [0.25, 0.3) is 0 Å². The lowest BCUT2D eigenvalue weighted by Crippen LogP contribution is -2.26. The van der Waals surface area contributed by atoms with Crippen molar-refractivity contribution in [3.8, 4) is 5.75 Å². The average molecular weight is 212 g/mol. The molecule has 3 heteroatoms. The van der Waals surface area contributed by atoms with E-state index in [0.717, 1.165) is 31.5 Å². The molecule has 1 aliphatic heterocycles. The van der Waals surface area contributed by atoms with Gasteiger partial charge < -0.3 is 10.4 Å². The molecule has 2 rings (SSSR count). The molecule has 0 aromatic heterocycles. The van der Waals surface area contributed by atoms with E-state index in [0.29, 0.717) is 10.9 Å². The molecular weight excluding hydrogens is 198 g/mol. The highest BCUT2D eigenvalue weighted by Crippen LogP contribution is 2.35. The van der Waals surface area contributed by atoms with E-state index in [1.807, 2.05) is 12.1 Å². The van der Waals surface area contributed by atoms with E-state index >= 15 is 0 Å². The molecule has 1 fully saturated rings. The highest BCUT2D eigenvalue weighted by molar-refractivity contribution is 6.32. The zero-order valence-corrected chi connectivity index (χ0v) is 8.72. The number of piperidine rings is 1. The summed E-state index contributed by atoms with van der Waals surface area (Å²) in [6, 6.07) is 5.50. The van der Waals surface area contributed by atoms with Crippen LogP contribution in [0.3, 0.4) is 0 Å². The van der Waals surface area contributed by atoms with E-state index in [1.54, 1.807) is 6.07 Å². The maximum Gasteiger partial charge on any atom is 0.134 e. The summed E-state index contributed by atoms with van der Waals surface area (Å²) in [6.07, 6.45) is 2.20. The Morgan fingerprint density at radius 2 is 2.00 bits per heavy atom. The first-order valence-electron chi connectivity index (χ1n) is 4.97. The monoisotopic (exact) mass is 211 g/mol. The first-order chi connectivity index (χ1) is 6.79. The molecule has 1 aliphatic rings. The average Bonchev–Trinajstić information content (AvgIpc) is 2.23. The third kappa shape index (κ3) is 1.86. The summed E-state index contributed by atoms with van der Waals surface area (Å²) in [4.78, 5) is 0. The van der Waals surface area contributed by atoms with Gasteiger partial charge in [-0.05, 0) is 43.5 Å². The van der Waals surface area contributed by atoms with Crippen LogP contribution in [0, 0.1) is 0 Å². The summed E-state index contributed by atoms with van der Waals surface area (Å²) in [5, 5.41) is 13.3. The summed E-state index contributed by atoms with van der Waals surface area (Å²) in [6.45, 7) is 2.08. The molecule has 0 aliphatic carbocycles. The molecule has 1 saturated heterocycles.